The Balaban J connectivity index is 0. The van der Waals surface area contributed by atoms with E-state index in [0.29, 0.717) is 12.1 Å². The van der Waals surface area contributed by atoms with Crippen molar-refractivity contribution in [3.63, 3.8) is 0 Å². The van der Waals surface area contributed by atoms with Crippen LogP contribution in [0.3, 0.4) is 0 Å². The van der Waals surface area contributed by atoms with E-state index in [1.54, 1.807) is 0 Å². The summed E-state index contributed by atoms with van der Waals surface area (Å²) in [6, 6.07) is 7.83. The largest absolute Gasteiger partial charge is 0.348 e. The summed E-state index contributed by atoms with van der Waals surface area (Å²) in [6.45, 7) is 3.46. The zero-order chi connectivity index (χ0) is 15.0. The number of benzene rings is 1. The summed E-state index contributed by atoms with van der Waals surface area (Å²) in [7, 11) is 4.03. The van der Waals surface area contributed by atoms with Gasteiger partial charge in [-0.25, -0.2) is 0 Å². The highest BCUT2D eigenvalue weighted by atomic mass is 35.5. The number of unbranched alkanes of at least 4 members (excludes halogenated alkanes) is 1. The van der Waals surface area contributed by atoms with E-state index in [-0.39, 0.29) is 36.8 Å². The Hall–Kier alpha value is -0.810. The number of hydrogen-bond donors (Lipinski definition) is 2. The van der Waals surface area contributed by atoms with Gasteiger partial charge in [0.05, 0.1) is 0 Å². The second-order valence-corrected chi connectivity index (χ2v) is 5.49. The highest BCUT2D eigenvalue weighted by Gasteiger charge is 2.12. The molecule has 4 nitrogen and oxygen atoms in total. The monoisotopic (exact) mass is 349 g/mol. The number of hydrogen-bond acceptors (Lipinski definition) is 3. The van der Waals surface area contributed by atoms with E-state index in [2.05, 4.69) is 17.1 Å². The summed E-state index contributed by atoms with van der Waals surface area (Å²) in [5.41, 5.74) is 7.56. The molecule has 0 aromatic heterocycles. The van der Waals surface area contributed by atoms with E-state index in [1.807, 2.05) is 38.4 Å². The number of carbonyl (C=O) groups is 1. The van der Waals surface area contributed by atoms with Gasteiger partial charge in [0.2, 0.25) is 0 Å². The van der Waals surface area contributed by atoms with Gasteiger partial charge in [-0.15, -0.1) is 24.8 Å². The van der Waals surface area contributed by atoms with Gasteiger partial charge in [0.25, 0.3) is 5.91 Å². The standard InChI is InChI=1S/C16H27N3O.2ClH/c1-4-5-9-15(11-17)18-16(20)14-8-6-7-13(10-14)12-19(2)3;;/h6-8,10,15H,4-5,9,11-12,17H2,1-3H3,(H,18,20);2*1H. The van der Waals surface area contributed by atoms with E-state index in [0.717, 1.165) is 31.4 Å². The fourth-order valence-corrected chi connectivity index (χ4v) is 2.14. The number of amides is 1. The van der Waals surface area contributed by atoms with Crippen molar-refractivity contribution in [3.05, 3.63) is 35.4 Å². The maximum atomic E-state index is 12.2. The van der Waals surface area contributed by atoms with E-state index in [9.17, 15) is 4.79 Å². The van der Waals surface area contributed by atoms with Crippen LogP contribution in [0.25, 0.3) is 0 Å². The summed E-state index contributed by atoms with van der Waals surface area (Å²) in [4.78, 5) is 14.3. The maximum Gasteiger partial charge on any atom is 0.251 e. The molecule has 1 unspecified atom stereocenters. The van der Waals surface area contributed by atoms with E-state index < -0.39 is 0 Å². The van der Waals surface area contributed by atoms with Crippen LogP contribution >= 0.6 is 24.8 Å². The molecule has 0 aliphatic heterocycles. The fourth-order valence-electron chi connectivity index (χ4n) is 2.14. The Morgan fingerprint density at radius 2 is 2.00 bits per heavy atom. The second-order valence-electron chi connectivity index (χ2n) is 5.49. The van der Waals surface area contributed by atoms with Crippen molar-refractivity contribution in [2.45, 2.75) is 38.8 Å². The van der Waals surface area contributed by atoms with E-state index in [4.69, 9.17) is 5.73 Å². The molecule has 1 rings (SSSR count). The summed E-state index contributed by atoms with van der Waals surface area (Å²) >= 11 is 0. The second kappa shape index (κ2) is 12.7. The number of nitrogens with one attached hydrogen (secondary N) is 1. The lowest BCUT2D eigenvalue weighted by Crippen LogP contribution is -2.40. The molecule has 1 aromatic carbocycles. The minimum Gasteiger partial charge on any atom is -0.348 e. The quantitative estimate of drug-likeness (QED) is 0.758. The van der Waals surface area contributed by atoms with Crippen molar-refractivity contribution < 1.29 is 4.79 Å². The van der Waals surface area contributed by atoms with E-state index in [1.165, 1.54) is 0 Å². The van der Waals surface area contributed by atoms with Crippen LogP contribution in [0.4, 0.5) is 0 Å². The van der Waals surface area contributed by atoms with Crippen LogP contribution < -0.4 is 11.1 Å². The Morgan fingerprint density at radius 1 is 1.32 bits per heavy atom. The lowest BCUT2D eigenvalue weighted by Gasteiger charge is -2.17. The molecule has 0 heterocycles. The Kier molecular flexibility index (Phi) is 13.5. The Labute approximate surface area is 146 Å². The van der Waals surface area contributed by atoms with E-state index >= 15 is 0 Å². The van der Waals surface area contributed by atoms with Crippen LogP contribution in [0.2, 0.25) is 0 Å². The molecule has 1 atom stereocenters. The Bertz CT molecular complexity index is 428. The molecule has 0 radical (unpaired) electrons. The summed E-state index contributed by atoms with van der Waals surface area (Å²) in [5.74, 6) is -0.0304. The summed E-state index contributed by atoms with van der Waals surface area (Å²) < 4.78 is 0. The number of nitrogens with two attached hydrogens (primary N) is 1. The minimum absolute atomic E-state index is 0. The van der Waals surface area contributed by atoms with Gasteiger partial charge in [-0.1, -0.05) is 31.9 Å². The fraction of sp³-hybridized carbons (Fsp3) is 0.562. The molecule has 22 heavy (non-hydrogen) atoms. The molecule has 0 fully saturated rings. The molecular formula is C16H29Cl2N3O. The molecule has 0 saturated heterocycles. The van der Waals surface area contributed by atoms with Gasteiger partial charge in [0.1, 0.15) is 0 Å². The van der Waals surface area contributed by atoms with Gasteiger partial charge in [-0.3, -0.25) is 4.79 Å². The van der Waals surface area contributed by atoms with Crippen LogP contribution in [0, 0.1) is 0 Å². The molecule has 0 aliphatic rings. The predicted octanol–water partition coefficient (Wildman–Crippen LogP) is 2.84. The van der Waals surface area contributed by atoms with Crippen LogP contribution in [-0.4, -0.2) is 37.5 Å². The van der Waals surface area contributed by atoms with Crippen LogP contribution in [0.15, 0.2) is 24.3 Å². The van der Waals surface area contributed by atoms with Crippen molar-refractivity contribution in [1.82, 2.24) is 10.2 Å². The zero-order valence-corrected chi connectivity index (χ0v) is 15.3. The molecular weight excluding hydrogens is 321 g/mol. The Morgan fingerprint density at radius 3 is 2.55 bits per heavy atom. The third-order valence-corrected chi connectivity index (χ3v) is 3.21. The summed E-state index contributed by atoms with van der Waals surface area (Å²) in [6.07, 6.45) is 3.14. The molecule has 3 N–H and O–H groups in total. The number of nitrogens with zero attached hydrogens (tertiary/aromatic N) is 1. The highest BCUT2D eigenvalue weighted by Crippen LogP contribution is 2.08. The van der Waals surface area contributed by atoms with Gasteiger partial charge in [0, 0.05) is 24.7 Å². The van der Waals surface area contributed by atoms with Gasteiger partial charge >= 0.3 is 0 Å². The first-order chi connectivity index (χ1) is 9.56. The normalized spacial score (nSPS) is 11.3. The van der Waals surface area contributed by atoms with Crippen LogP contribution in [0.1, 0.15) is 42.1 Å². The first kappa shape index (κ1) is 23.5. The number of rotatable bonds is 8. The third-order valence-electron chi connectivity index (χ3n) is 3.21. The maximum absolute atomic E-state index is 12.2. The highest BCUT2D eigenvalue weighted by molar-refractivity contribution is 5.94. The van der Waals surface area contributed by atoms with Gasteiger partial charge in [0.15, 0.2) is 0 Å². The molecule has 0 saturated carbocycles. The van der Waals surface area contributed by atoms with Gasteiger partial charge < -0.3 is 16.0 Å². The first-order valence-electron chi connectivity index (χ1n) is 7.31. The topological polar surface area (TPSA) is 58.4 Å². The molecule has 0 aliphatic carbocycles. The molecule has 128 valence electrons. The van der Waals surface area contributed by atoms with Crippen LogP contribution in [0.5, 0.6) is 0 Å². The predicted molar refractivity (Wildman–Crippen MR) is 98.2 cm³/mol. The molecule has 1 amide bonds. The molecule has 6 heteroatoms. The number of halogens is 2. The average molecular weight is 350 g/mol. The number of carbonyl (C=O) groups excluding carboxylic acids is 1. The lowest BCUT2D eigenvalue weighted by molar-refractivity contribution is 0.0935. The third kappa shape index (κ3) is 8.59. The van der Waals surface area contributed by atoms with Gasteiger partial charge in [-0.05, 0) is 38.2 Å². The summed E-state index contributed by atoms with van der Waals surface area (Å²) in [5, 5.41) is 3.02. The van der Waals surface area contributed by atoms with Crippen molar-refractivity contribution in [1.29, 1.82) is 0 Å². The van der Waals surface area contributed by atoms with Gasteiger partial charge in [-0.2, -0.15) is 0 Å². The smallest absolute Gasteiger partial charge is 0.251 e. The molecule has 1 aromatic rings. The lowest BCUT2D eigenvalue weighted by atomic mass is 10.1. The molecule has 0 bridgehead atoms. The minimum atomic E-state index is -0.0304. The average Bonchev–Trinajstić information content (AvgIpc) is 2.42. The van der Waals surface area contributed by atoms with Crippen LogP contribution in [-0.2, 0) is 6.54 Å². The SMILES string of the molecule is CCCCC(CN)NC(=O)c1cccc(CN(C)C)c1.Cl.Cl. The molecule has 0 spiro atoms. The first-order valence-corrected chi connectivity index (χ1v) is 7.31. The van der Waals surface area contributed by atoms with Crippen molar-refractivity contribution in [2.24, 2.45) is 5.73 Å². The van der Waals surface area contributed by atoms with Crippen molar-refractivity contribution >= 4 is 30.7 Å². The zero-order valence-electron chi connectivity index (χ0n) is 13.7. The van der Waals surface area contributed by atoms with Crippen molar-refractivity contribution in [2.75, 3.05) is 20.6 Å². The van der Waals surface area contributed by atoms with Crippen molar-refractivity contribution in [3.8, 4) is 0 Å².